The van der Waals surface area contributed by atoms with Crippen molar-refractivity contribution in [1.82, 2.24) is 75.8 Å². The first kappa shape index (κ1) is 109. The maximum atomic E-state index is 15.3. The summed E-state index contributed by atoms with van der Waals surface area (Å²) in [5, 5.41) is 23.3. The van der Waals surface area contributed by atoms with Crippen LogP contribution in [-0.4, -0.2) is 275 Å². The Labute approximate surface area is 851 Å². The Morgan fingerprint density at radius 1 is 0.444 bits per heavy atom. The molecule has 764 valence electrons. The molecule has 0 spiro atoms. The van der Waals surface area contributed by atoms with Crippen molar-refractivity contribution in [2.24, 2.45) is 0 Å². The van der Waals surface area contributed by atoms with E-state index in [-0.39, 0.29) is 212 Å². The number of ether oxygens (including phenoxy) is 10. The first-order valence-electron chi connectivity index (χ1n) is 46.7. The van der Waals surface area contributed by atoms with Crippen LogP contribution in [0.4, 0.5) is 77.0 Å². The number of amides is 3. The molecule has 8 bridgehead atoms. The Morgan fingerprint density at radius 3 is 1.05 bits per heavy atom. The van der Waals surface area contributed by atoms with Crippen LogP contribution in [-0.2, 0) is 19.1 Å². The number of likely N-dealkylation sites (tertiary alicyclic amines) is 3. The molecule has 12 heterocycles. The van der Waals surface area contributed by atoms with Crippen molar-refractivity contribution in [2.75, 3.05) is 160 Å². The van der Waals surface area contributed by atoms with Gasteiger partial charge in [0.2, 0.25) is 29.0 Å². The molecule has 37 nitrogen and oxygen atoms in total. The van der Waals surface area contributed by atoms with Gasteiger partial charge >= 0.3 is 18.2 Å². The number of aliphatic carboxylic acids is 1. The van der Waals surface area contributed by atoms with Crippen LogP contribution < -0.4 is 96.8 Å². The predicted octanol–water partition coefficient (Wildman–Crippen LogP) is 12.4. The van der Waals surface area contributed by atoms with E-state index in [0.29, 0.717) is 103 Å². The number of nitrogens with two attached hydrogens (primary N) is 4. The number of carbonyl (C=O) groups excluding carboxylic acids is 3. The maximum absolute atomic E-state index is 15.3. The van der Waals surface area contributed by atoms with Crippen LogP contribution in [0.2, 0.25) is 5.28 Å². The number of carboxylic acids is 1. The van der Waals surface area contributed by atoms with Gasteiger partial charge in [-0.1, -0.05) is 38.1 Å². The predicted molar refractivity (Wildman–Crippen MR) is 526 cm³/mol. The zero-order valence-electron chi connectivity index (χ0n) is 83.3. The van der Waals surface area contributed by atoms with E-state index in [9.17, 15) is 36.7 Å². The monoisotopic (exact) mass is 2220 g/mol. The van der Waals surface area contributed by atoms with Gasteiger partial charge in [0, 0.05) is 168 Å². The van der Waals surface area contributed by atoms with Crippen LogP contribution in [0, 0.1) is 66.0 Å². The number of rotatable bonds is 21. The fraction of sp³-hybridized carbons (Fsp3) is 0.500. The van der Waals surface area contributed by atoms with Gasteiger partial charge in [-0.05, 0) is 179 Å². The van der Waals surface area contributed by atoms with Crippen LogP contribution >= 0.6 is 11.6 Å². The van der Waals surface area contributed by atoms with E-state index in [1.165, 1.54) is 100 Å². The van der Waals surface area contributed by atoms with E-state index in [4.69, 9.17) is 88.3 Å². The van der Waals surface area contributed by atoms with Gasteiger partial charge in [-0.2, -0.15) is 15.0 Å². The summed E-state index contributed by atoms with van der Waals surface area (Å²) in [4.78, 5) is 94.5. The Morgan fingerprint density at radius 2 is 0.739 bits per heavy atom. The van der Waals surface area contributed by atoms with E-state index >= 15 is 8.78 Å². The minimum absolute atomic E-state index is 0. The first-order chi connectivity index (χ1) is 67.7. The standard InChI is InChI=1S/C27H32F2N6O3.C21H28FN5O4.C16H20FN5O2.C11H14FNO2.C11H20N2O2.C10H9ClFN3O2.BH.U/c1-4-31-20(15-5-7-16(28)8-6-15)12-22(36)34-13-17-9-10-18(14-34)35(17)27-32-24-19(26(30)33-27)11-21(37-2)25(38-3)23(24)29;1-21(2,3)31-20(28)26-9-11-6-7-12(10-26)27(11)19-24-16-13(18(23)25-19)8-14(29-4)17(30-5)15(16)22;1-23-11-5-10-13(12(17)14(11)24-2)20-16(21-15(10)18)22-8-3-4-9(22)7-19-6-8;1-2-13-10(7-11(14)15)8-3-5-9(12)6-4-8;1-11(2,3)15-10(14)13-6-8-4-5-9(7-13)12-8;1-16-5-3-4-7(6(12)8(5)17-2)14-10(11)15-9(4)13;;/h5-8,11,17-18,20,31H,4,9-10,12-14H2,1-3H3,(H2,30,32,33);8,11-12H,6-7,9-10H2,1-5H3,(H2,23,24,25);5,8-9,19H,3-4,6-7H2,1-2H3,(H2,18,20,21);3-6,10,13H,2,7H2,1H3,(H,14,15);8-9,12H,4-7H2,1-3H3;3H,1-2H3,(H2,13,14,15);1H;/t17?,18?,20-;;;10-;;;;/m1..1..../s1/i;;;;;;1T;. The fourth-order valence-electron chi connectivity index (χ4n) is 19.0. The third-order valence-electron chi connectivity index (χ3n) is 25.3. The molecular formula is C96H124BClF6N22O15U. The van der Waals surface area contributed by atoms with E-state index in [1.807, 2.05) is 70.1 Å². The molecule has 2 radical (unpaired) electrons. The summed E-state index contributed by atoms with van der Waals surface area (Å²) in [6, 6.07) is 19.5. The van der Waals surface area contributed by atoms with Crippen molar-refractivity contribution < 1.29 is 129 Å². The summed E-state index contributed by atoms with van der Waals surface area (Å²) >= 11 is 5.62. The molecule has 142 heavy (non-hydrogen) atoms. The van der Waals surface area contributed by atoms with Gasteiger partial charge in [0.1, 0.15) is 68.2 Å². The second-order valence-corrected chi connectivity index (χ2v) is 37.1. The molecule has 0 aliphatic carbocycles. The number of nitrogen functional groups attached to an aromatic ring is 4. The molecule has 0 saturated carbocycles. The van der Waals surface area contributed by atoms with Crippen molar-refractivity contribution >= 4 is 129 Å². The summed E-state index contributed by atoms with van der Waals surface area (Å²) in [6.45, 7) is 21.8. The number of halogens is 7. The van der Waals surface area contributed by atoms with E-state index in [1.54, 1.807) is 47.4 Å². The second-order valence-electron chi connectivity index (χ2n) is 36.8. The van der Waals surface area contributed by atoms with Crippen LogP contribution in [0.15, 0.2) is 72.8 Å². The van der Waals surface area contributed by atoms with Gasteiger partial charge in [0.05, 0.1) is 75.4 Å². The number of nitrogens with one attached hydrogen (secondary N) is 4. The molecule has 10 aromatic rings. The van der Waals surface area contributed by atoms with Gasteiger partial charge in [0.25, 0.3) is 0 Å². The summed E-state index contributed by atoms with van der Waals surface area (Å²) in [6.07, 6.45) is 7.77. The number of piperazine rings is 4. The molecule has 4 aromatic heterocycles. The van der Waals surface area contributed by atoms with Crippen LogP contribution in [0.25, 0.3) is 43.6 Å². The van der Waals surface area contributed by atoms with Crippen LogP contribution in [0.5, 0.6) is 46.0 Å². The van der Waals surface area contributed by atoms with Crippen molar-refractivity contribution in [2.45, 2.75) is 191 Å². The Kier molecular flexibility index (Phi) is 36.7. The number of hydrogen-bond acceptors (Lipinski definition) is 33. The average Bonchev–Trinajstić information content (AvgIpc) is 1.50. The molecule has 8 fully saturated rings. The molecule has 8 saturated heterocycles. The average molecular weight is 2230 g/mol. The zero-order valence-corrected chi connectivity index (χ0v) is 87.2. The van der Waals surface area contributed by atoms with E-state index in [2.05, 4.69) is 79.3 Å². The number of benzene rings is 6. The molecule has 6 aromatic carbocycles. The van der Waals surface area contributed by atoms with Gasteiger partial charge in [-0.3, -0.25) is 9.59 Å². The summed E-state index contributed by atoms with van der Waals surface area (Å²) in [5.74, 6) is -1.38. The molecule has 8 aliphatic rings. The Balaban J connectivity index is 0.000000169. The van der Waals surface area contributed by atoms with Crippen molar-refractivity contribution in [3.05, 3.63) is 124 Å². The molecule has 8 unspecified atom stereocenters. The molecule has 46 heteroatoms. The second kappa shape index (κ2) is 47.9. The third-order valence-corrected chi connectivity index (χ3v) is 25.4. The minimum atomic E-state index is -0.870. The van der Waals surface area contributed by atoms with E-state index in [0.717, 1.165) is 75.8 Å². The minimum Gasteiger partial charge on any atom is -0.493 e. The SMILES string of the molecule is CC(C)(C)OC(=O)N1CC2CCC(C1)N2.CCN[C@H](CC(=O)N1CC2CCC(C1)N2c1nc(N)c2cc(OC)c(OC)c(F)c2n1)c1ccc(F)cc1.CCN[C@H](CC(=O)O)c1ccc(F)cc1.COc1cc2c(N)nc(Cl)nc2c(F)c1OC.COc1cc2c(N)nc(N3C4CCC3CN(C(=O)OC(C)(C)C)C4)nc2c(F)c1OC.COc1cc2c(N)nc(N3C4CCC3CNC4)nc2c(F)c1OC.[3H][B].[U]. The smallest absolute Gasteiger partial charge is 0.410 e. The largest absolute Gasteiger partial charge is 0.493 e. The van der Waals surface area contributed by atoms with Gasteiger partial charge in [0.15, 0.2) is 69.3 Å². The number of carbonyl (C=O) groups is 4. The molecule has 3 amide bonds. The summed E-state index contributed by atoms with van der Waals surface area (Å²) in [5.41, 5.74) is 25.2. The number of aromatic nitrogens is 8. The van der Waals surface area contributed by atoms with Crippen LogP contribution in [0.1, 0.15) is 143 Å². The molecular weight excluding hydrogens is 2100 g/mol. The first-order valence-corrected chi connectivity index (χ1v) is 46.5. The summed E-state index contributed by atoms with van der Waals surface area (Å²) < 4.78 is 143. The normalized spacial score (nSPS) is 19.5. The zero-order chi connectivity index (χ0) is 103. The maximum Gasteiger partial charge on any atom is 0.410 e. The number of methoxy groups -OCH3 is 8. The third kappa shape index (κ3) is 25.2. The van der Waals surface area contributed by atoms with E-state index < -0.39 is 34.8 Å². The van der Waals surface area contributed by atoms with Crippen molar-refractivity contribution in [1.29, 1.82) is 1.34 Å². The Bertz CT molecular complexity index is 6100. The fourth-order valence-corrected chi connectivity index (χ4v) is 19.2. The quantitative estimate of drug-likeness (QED) is 0.0183. The molecule has 13 N–H and O–H groups in total. The van der Waals surface area contributed by atoms with Crippen molar-refractivity contribution in [3.8, 4) is 46.0 Å². The van der Waals surface area contributed by atoms with Crippen molar-refractivity contribution in [3.63, 3.8) is 0 Å². The molecule has 8 aliphatic heterocycles. The number of carboxylic acid groups (broad SMARTS) is 1. The van der Waals surface area contributed by atoms with Gasteiger partial charge < -0.3 is 126 Å². The molecule has 18 rings (SSSR count). The number of hydrogen-bond donors (Lipinski definition) is 9. The van der Waals surface area contributed by atoms with Gasteiger partial charge in [-0.15, -0.1) is 0 Å². The number of fused-ring (bicyclic) bond motifs is 12. The molecule has 10 atom stereocenters. The van der Waals surface area contributed by atoms with Gasteiger partial charge in [-0.25, -0.2) is 60.9 Å². The summed E-state index contributed by atoms with van der Waals surface area (Å²) in [7, 11) is 14.9. The topological polar surface area (TPSA) is 456 Å². The number of anilines is 7. The van der Waals surface area contributed by atoms with Crippen LogP contribution in [0.3, 0.4) is 0 Å². The Hall–Kier alpha value is -12.0. The number of nitrogens with zero attached hydrogens (tertiary/aromatic N) is 14.